The van der Waals surface area contributed by atoms with Crippen LogP contribution in [0.2, 0.25) is 0 Å². The van der Waals surface area contributed by atoms with Gasteiger partial charge in [-0.3, -0.25) is 0 Å². The number of hydrogen-bond acceptors (Lipinski definition) is 3. The zero-order valence-electron chi connectivity index (χ0n) is 9.94. The molecule has 1 atom stereocenters. The van der Waals surface area contributed by atoms with Gasteiger partial charge in [0.1, 0.15) is 16.9 Å². The van der Waals surface area contributed by atoms with Gasteiger partial charge in [-0.25, -0.2) is 0 Å². The van der Waals surface area contributed by atoms with Crippen molar-refractivity contribution in [3.05, 3.63) is 35.6 Å². The van der Waals surface area contributed by atoms with Gasteiger partial charge in [0, 0.05) is 11.9 Å². The number of nitrogens with two attached hydrogens (primary N) is 1. The van der Waals surface area contributed by atoms with E-state index in [9.17, 15) is 5.11 Å². The second-order valence-electron chi connectivity index (χ2n) is 5.05. The average Bonchev–Trinajstić information content (AvgIpc) is 3.08. The van der Waals surface area contributed by atoms with Crippen molar-refractivity contribution in [2.45, 2.75) is 25.4 Å². The lowest BCUT2D eigenvalue weighted by Crippen LogP contribution is -2.36. The van der Waals surface area contributed by atoms with Crippen molar-refractivity contribution in [3.8, 4) is 0 Å². The monoisotopic (exact) mass is 231 g/mol. The van der Waals surface area contributed by atoms with Gasteiger partial charge in [-0.1, -0.05) is 11.6 Å². The van der Waals surface area contributed by atoms with Crippen LogP contribution >= 0.6 is 0 Å². The summed E-state index contributed by atoms with van der Waals surface area (Å²) in [5.74, 6) is 0.872. The molecule has 17 heavy (non-hydrogen) atoms. The fourth-order valence-electron chi connectivity index (χ4n) is 2.41. The molecule has 1 aliphatic rings. The zero-order valence-corrected chi connectivity index (χ0v) is 9.94. The van der Waals surface area contributed by atoms with Crippen molar-refractivity contribution in [2.75, 3.05) is 6.54 Å². The van der Waals surface area contributed by atoms with E-state index in [4.69, 9.17) is 10.2 Å². The molecule has 0 bridgehead atoms. The van der Waals surface area contributed by atoms with E-state index in [0.29, 0.717) is 5.76 Å². The molecule has 3 heteroatoms. The summed E-state index contributed by atoms with van der Waals surface area (Å²) in [4.78, 5) is 0. The molecule has 1 unspecified atom stereocenters. The Morgan fingerprint density at radius 2 is 2.18 bits per heavy atom. The molecule has 2 aromatic rings. The Hall–Kier alpha value is -1.32. The summed E-state index contributed by atoms with van der Waals surface area (Å²) in [6, 6.07) is 7.94. The SMILES string of the molecule is Cc1ccc2oc(C(O)(CN)C3CC3)cc2c1. The Kier molecular flexibility index (Phi) is 2.28. The van der Waals surface area contributed by atoms with Gasteiger partial charge in [-0.2, -0.15) is 0 Å². The molecule has 1 fully saturated rings. The topological polar surface area (TPSA) is 59.4 Å². The van der Waals surface area contributed by atoms with Crippen LogP contribution in [0, 0.1) is 12.8 Å². The highest BCUT2D eigenvalue weighted by atomic mass is 16.4. The fourth-order valence-corrected chi connectivity index (χ4v) is 2.41. The number of fused-ring (bicyclic) bond motifs is 1. The summed E-state index contributed by atoms with van der Waals surface area (Å²) >= 11 is 0. The number of benzene rings is 1. The van der Waals surface area contributed by atoms with E-state index < -0.39 is 5.60 Å². The summed E-state index contributed by atoms with van der Waals surface area (Å²) in [5, 5.41) is 11.6. The quantitative estimate of drug-likeness (QED) is 0.852. The van der Waals surface area contributed by atoms with Crippen LogP contribution < -0.4 is 5.73 Å². The average molecular weight is 231 g/mol. The molecule has 90 valence electrons. The van der Waals surface area contributed by atoms with Crippen LogP contribution in [0.5, 0.6) is 0 Å². The molecule has 1 aliphatic carbocycles. The van der Waals surface area contributed by atoms with Gasteiger partial charge in [0.2, 0.25) is 0 Å². The molecule has 1 saturated carbocycles. The van der Waals surface area contributed by atoms with Crippen molar-refractivity contribution >= 4 is 11.0 Å². The Morgan fingerprint density at radius 3 is 2.82 bits per heavy atom. The van der Waals surface area contributed by atoms with Crippen LogP contribution in [0.4, 0.5) is 0 Å². The first kappa shape index (κ1) is 10.8. The lowest BCUT2D eigenvalue weighted by atomic mass is 9.94. The first-order valence-electron chi connectivity index (χ1n) is 6.06. The second-order valence-corrected chi connectivity index (χ2v) is 5.05. The summed E-state index contributed by atoms with van der Waals surface area (Å²) in [6.45, 7) is 2.26. The first-order valence-corrected chi connectivity index (χ1v) is 6.06. The predicted molar refractivity (Wildman–Crippen MR) is 66.6 cm³/mol. The Labute approximate surface area is 100 Å². The highest BCUT2D eigenvalue weighted by Gasteiger charge is 2.46. The highest BCUT2D eigenvalue weighted by Crippen LogP contribution is 2.46. The molecule has 1 aromatic carbocycles. The molecular weight excluding hydrogens is 214 g/mol. The molecule has 1 heterocycles. The Balaban J connectivity index is 2.10. The molecule has 1 aromatic heterocycles. The fraction of sp³-hybridized carbons (Fsp3) is 0.429. The van der Waals surface area contributed by atoms with Crippen LogP contribution in [0.25, 0.3) is 11.0 Å². The third-order valence-corrected chi connectivity index (χ3v) is 3.66. The summed E-state index contributed by atoms with van der Waals surface area (Å²) in [7, 11) is 0. The molecular formula is C14H17NO2. The second kappa shape index (κ2) is 3.59. The minimum Gasteiger partial charge on any atom is -0.458 e. The lowest BCUT2D eigenvalue weighted by Gasteiger charge is -2.23. The van der Waals surface area contributed by atoms with E-state index in [0.717, 1.165) is 23.8 Å². The van der Waals surface area contributed by atoms with Gasteiger partial charge >= 0.3 is 0 Å². The molecule has 0 aliphatic heterocycles. The smallest absolute Gasteiger partial charge is 0.138 e. The van der Waals surface area contributed by atoms with Crippen LogP contribution in [0.3, 0.4) is 0 Å². The third kappa shape index (κ3) is 1.66. The van der Waals surface area contributed by atoms with Crippen molar-refractivity contribution in [1.82, 2.24) is 0 Å². The van der Waals surface area contributed by atoms with Gasteiger partial charge in [-0.15, -0.1) is 0 Å². The van der Waals surface area contributed by atoms with E-state index >= 15 is 0 Å². The lowest BCUT2D eigenvalue weighted by molar-refractivity contribution is 0.00254. The maximum absolute atomic E-state index is 10.6. The van der Waals surface area contributed by atoms with Gasteiger partial charge in [0.05, 0.1) is 0 Å². The first-order chi connectivity index (χ1) is 8.13. The normalized spacial score (nSPS) is 19.5. The van der Waals surface area contributed by atoms with E-state index in [1.807, 2.05) is 25.1 Å². The highest BCUT2D eigenvalue weighted by molar-refractivity contribution is 5.79. The molecule has 3 rings (SSSR count). The van der Waals surface area contributed by atoms with Crippen LogP contribution in [0.15, 0.2) is 28.7 Å². The maximum atomic E-state index is 10.6. The predicted octanol–water partition coefficient (Wildman–Crippen LogP) is 2.30. The van der Waals surface area contributed by atoms with Crippen LogP contribution in [-0.4, -0.2) is 11.7 Å². The number of rotatable bonds is 3. The molecule has 3 nitrogen and oxygen atoms in total. The number of aryl methyl sites for hydroxylation is 1. The van der Waals surface area contributed by atoms with Crippen molar-refractivity contribution in [2.24, 2.45) is 11.7 Å². The summed E-state index contributed by atoms with van der Waals surface area (Å²) in [6.07, 6.45) is 2.06. The molecule has 0 saturated heterocycles. The van der Waals surface area contributed by atoms with E-state index in [2.05, 4.69) is 6.07 Å². The van der Waals surface area contributed by atoms with Gasteiger partial charge in [0.15, 0.2) is 0 Å². The zero-order chi connectivity index (χ0) is 12.0. The minimum absolute atomic E-state index is 0.219. The van der Waals surface area contributed by atoms with Crippen molar-refractivity contribution in [1.29, 1.82) is 0 Å². The van der Waals surface area contributed by atoms with E-state index in [-0.39, 0.29) is 12.5 Å². The third-order valence-electron chi connectivity index (χ3n) is 3.66. The van der Waals surface area contributed by atoms with Crippen molar-refractivity contribution < 1.29 is 9.52 Å². The maximum Gasteiger partial charge on any atom is 0.138 e. The van der Waals surface area contributed by atoms with Gasteiger partial charge < -0.3 is 15.3 Å². The number of furan rings is 1. The largest absolute Gasteiger partial charge is 0.458 e. The van der Waals surface area contributed by atoms with E-state index in [1.54, 1.807) is 0 Å². The standard InChI is InChI=1S/C14H17NO2/c1-9-2-5-12-10(6-9)7-13(17-12)14(16,8-15)11-3-4-11/h2,5-7,11,16H,3-4,8,15H2,1H3. The molecule has 3 N–H and O–H groups in total. The molecule has 0 radical (unpaired) electrons. The van der Waals surface area contributed by atoms with Crippen molar-refractivity contribution in [3.63, 3.8) is 0 Å². The summed E-state index contributed by atoms with van der Waals surface area (Å²) < 4.78 is 5.75. The number of aliphatic hydroxyl groups is 1. The van der Waals surface area contributed by atoms with E-state index in [1.165, 1.54) is 5.56 Å². The Morgan fingerprint density at radius 1 is 1.41 bits per heavy atom. The van der Waals surface area contributed by atoms with Gasteiger partial charge in [0.25, 0.3) is 0 Å². The molecule has 0 spiro atoms. The minimum atomic E-state index is -0.979. The van der Waals surface area contributed by atoms with Gasteiger partial charge in [-0.05, 0) is 43.9 Å². The summed E-state index contributed by atoms with van der Waals surface area (Å²) in [5.41, 5.74) is 6.75. The number of hydrogen-bond donors (Lipinski definition) is 2. The van der Waals surface area contributed by atoms with Crippen LogP contribution in [0.1, 0.15) is 24.2 Å². The molecule has 0 amide bonds. The Bertz CT molecular complexity index is 556. The van der Waals surface area contributed by atoms with Crippen LogP contribution in [-0.2, 0) is 5.60 Å².